The van der Waals surface area contributed by atoms with Gasteiger partial charge in [0, 0.05) is 17.1 Å². The fourth-order valence-electron chi connectivity index (χ4n) is 1.99. The van der Waals surface area contributed by atoms with Crippen LogP contribution in [0.3, 0.4) is 0 Å². The van der Waals surface area contributed by atoms with Crippen molar-refractivity contribution in [1.29, 1.82) is 0 Å². The Morgan fingerprint density at radius 1 is 0.864 bits per heavy atom. The monoisotopic (exact) mass is 318 g/mol. The Bertz CT molecular complexity index is 705. The fourth-order valence-corrected chi connectivity index (χ4v) is 2.63. The normalized spacial score (nSPS) is 11.5. The van der Waals surface area contributed by atoms with Crippen LogP contribution in [0.25, 0.3) is 0 Å². The third-order valence-corrected chi connectivity index (χ3v) is 4.71. The van der Waals surface area contributed by atoms with Gasteiger partial charge in [0.2, 0.25) is 10.0 Å². The molecule has 0 aliphatic rings. The summed E-state index contributed by atoms with van der Waals surface area (Å²) in [6.07, 6.45) is 0. The van der Waals surface area contributed by atoms with Gasteiger partial charge in [-0.3, -0.25) is 4.72 Å². The number of hydrogen-bond donors (Lipinski definition) is 2. The Morgan fingerprint density at radius 2 is 1.32 bits per heavy atom. The summed E-state index contributed by atoms with van der Waals surface area (Å²) in [6, 6.07) is 15.5. The zero-order valence-corrected chi connectivity index (χ0v) is 13.9. The highest BCUT2D eigenvalue weighted by molar-refractivity contribution is 7.92. The number of anilines is 3. The van der Waals surface area contributed by atoms with Crippen LogP contribution in [0.2, 0.25) is 0 Å². The van der Waals surface area contributed by atoms with Crippen LogP contribution in [-0.2, 0) is 10.0 Å². The van der Waals surface area contributed by atoms with E-state index >= 15 is 0 Å². The molecule has 2 aromatic rings. The summed E-state index contributed by atoms with van der Waals surface area (Å²) in [5.41, 5.74) is 3.79. The average Bonchev–Trinajstić information content (AvgIpc) is 2.49. The molecule has 0 aliphatic heterocycles. The van der Waals surface area contributed by atoms with Gasteiger partial charge in [0.15, 0.2) is 0 Å². The quantitative estimate of drug-likeness (QED) is 0.834. The number of rotatable bonds is 6. The van der Waals surface area contributed by atoms with E-state index in [-0.39, 0.29) is 5.75 Å². The molecular weight excluding hydrogens is 296 g/mol. The molecule has 0 bridgehead atoms. The van der Waals surface area contributed by atoms with Gasteiger partial charge in [-0.05, 0) is 54.8 Å². The minimum atomic E-state index is -3.23. The SMILES string of the molecule is CCS(=O)(=O)Nc1ccc(Nc2ccc(C(C)C)cc2)cc1. The van der Waals surface area contributed by atoms with Crippen molar-refractivity contribution < 1.29 is 8.42 Å². The third kappa shape index (κ3) is 4.49. The Balaban J connectivity index is 2.05. The van der Waals surface area contributed by atoms with Crippen molar-refractivity contribution in [2.75, 3.05) is 15.8 Å². The van der Waals surface area contributed by atoms with Crippen molar-refractivity contribution in [3.05, 3.63) is 54.1 Å². The molecule has 0 unspecified atom stereocenters. The molecule has 0 atom stereocenters. The Kier molecular flexibility index (Phi) is 5.08. The number of sulfonamides is 1. The van der Waals surface area contributed by atoms with E-state index in [1.165, 1.54) is 5.56 Å². The first-order chi connectivity index (χ1) is 10.4. The van der Waals surface area contributed by atoms with Gasteiger partial charge in [-0.25, -0.2) is 8.42 Å². The third-order valence-electron chi connectivity index (χ3n) is 3.40. The van der Waals surface area contributed by atoms with Gasteiger partial charge >= 0.3 is 0 Å². The molecule has 0 amide bonds. The predicted octanol–water partition coefficient (Wildman–Crippen LogP) is 4.32. The maximum atomic E-state index is 11.5. The van der Waals surface area contributed by atoms with Crippen molar-refractivity contribution >= 4 is 27.1 Å². The lowest BCUT2D eigenvalue weighted by Crippen LogP contribution is -2.14. The molecule has 22 heavy (non-hydrogen) atoms. The molecule has 5 heteroatoms. The van der Waals surface area contributed by atoms with E-state index in [1.54, 1.807) is 19.1 Å². The summed E-state index contributed by atoms with van der Waals surface area (Å²) >= 11 is 0. The molecule has 2 rings (SSSR count). The lowest BCUT2D eigenvalue weighted by atomic mass is 10.0. The molecule has 0 fully saturated rings. The van der Waals surface area contributed by atoms with Gasteiger partial charge in [-0.15, -0.1) is 0 Å². The summed E-state index contributed by atoms with van der Waals surface area (Å²) in [5.74, 6) is 0.579. The fraction of sp³-hybridized carbons (Fsp3) is 0.294. The van der Waals surface area contributed by atoms with Gasteiger partial charge in [0.05, 0.1) is 5.75 Å². The van der Waals surface area contributed by atoms with Crippen LogP contribution in [-0.4, -0.2) is 14.2 Å². The standard InChI is InChI=1S/C17H22N2O2S/c1-4-22(20,21)19-17-11-9-16(10-12-17)18-15-7-5-14(6-8-15)13(2)3/h5-13,18-19H,4H2,1-3H3. The summed E-state index contributed by atoms with van der Waals surface area (Å²) in [6.45, 7) is 5.94. The Hall–Kier alpha value is -2.01. The molecule has 0 spiro atoms. The summed E-state index contributed by atoms with van der Waals surface area (Å²) in [4.78, 5) is 0. The molecule has 2 aromatic carbocycles. The first-order valence-electron chi connectivity index (χ1n) is 7.37. The Morgan fingerprint density at radius 3 is 1.77 bits per heavy atom. The van der Waals surface area contributed by atoms with Gasteiger partial charge in [0.25, 0.3) is 0 Å². The van der Waals surface area contributed by atoms with E-state index in [2.05, 4.69) is 36.0 Å². The molecule has 4 nitrogen and oxygen atoms in total. The number of benzene rings is 2. The highest BCUT2D eigenvalue weighted by Gasteiger charge is 2.06. The van der Waals surface area contributed by atoms with Crippen molar-refractivity contribution in [2.45, 2.75) is 26.7 Å². The molecule has 0 heterocycles. The van der Waals surface area contributed by atoms with E-state index in [9.17, 15) is 8.42 Å². The molecule has 0 radical (unpaired) electrons. The number of nitrogens with one attached hydrogen (secondary N) is 2. The van der Waals surface area contributed by atoms with E-state index in [0.717, 1.165) is 11.4 Å². The second-order valence-corrected chi connectivity index (χ2v) is 7.50. The van der Waals surface area contributed by atoms with Crippen LogP contribution in [0.1, 0.15) is 32.3 Å². The second kappa shape index (κ2) is 6.83. The minimum Gasteiger partial charge on any atom is -0.356 e. The molecular formula is C17H22N2O2S. The molecule has 0 aliphatic carbocycles. The first kappa shape index (κ1) is 16.4. The first-order valence-corrected chi connectivity index (χ1v) is 9.02. The summed E-state index contributed by atoms with van der Waals surface area (Å²) < 4.78 is 25.5. The van der Waals surface area contributed by atoms with Crippen LogP contribution >= 0.6 is 0 Å². The van der Waals surface area contributed by atoms with E-state index < -0.39 is 10.0 Å². The van der Waals surface area contributed by atoms with Crippen LogP contribution in [0.15, 0.2) is 48.5 Å². The molecule has 0 aromatic heterocycles. The van der Waals surface area contributed by atoms with Gasteiger partial charge in [-0.1, -0.05) is 26.0 Å². The van der Waals surface area contributed by atoms with Crippen LogP contribution in [0, 0.1) is 0 Å². The lowest BCUT2D eigenvalue weighted by molar-refractivity contribution is 0.602. The highest BCUT2D eigenvalue weighted by Crippen LogP contribution is 2.22. The minimum absolute atomic E-state index is 0.0647. The second-order valence-electron chi connectivity index (χ2n) is 5.48. The largest absolute Gasteiger partial charge is 0.356 e. The zero-order chi connectivity index (χ0) is 16.2. The average molecular weight is 318 g/mol. The predicted molar refractivity (Wildman–Crippen MR) is 93.3 cm³/mol. The van der Waals surface area contributed by atoms with E-state index in [1.807, 2.05) is 24.3 Å². The molecule has 0 saturated carbocycles. The van der Waals surface area contributed by atoms with Crippen LogP contribution < -0.4 is 10.0 Å². The van der Waals surface area contributed by atoms with Crippen LogP contribution in [0.4, 0.5) is 17.1 Å². The van der Waals surface area contributed by atoms with Crippen molar-refractivity contribution in [1.82, 2.24) is 0 Å². The van der Waals surface area contributed by atoms with E-state index in [4.69, 9.17) is 0 Å². The van der Waals surface area contributed by atoms with Crippen LogP contribution in [0.5, 0.6) is 0 Å². The van der Waals surface area contributed by atoms with Gasteiger partial charge < -0.3 is 5.32 Å². The molecule has 2 N–H and O–H groups in total. The maximum absolute atomic E-state index is 11.5. The van der Waals surface area contributed by atoms with Gasteiger partial charge in [-0.2, -0.15) is 0 Å². The Labute approximate surface area is 132 Å². The van der Waals surface area contributed by atoms with Crippen molar-refractivity contribution in [2.24, 2.45) is 0 Å². The lowest BCUT2D eigenvalue weighted by Gasteiger charge is -2.10. The zero-order valence-electron chi connectivity index (χ0n) is 13.1. The van der Waals surface area contributed by atoms with E-state index in [0.29, 0.717) is 11.6 Å². The van der Waals surface area contributed by atoms with Crippen molar-refractivity contribution in [3.8, 4) is 0 Å². The van der Waals surface area contributed by atoms with Gasteiger partial charge in [0.1, 0.15) is 0 Å². The van der Waals surface area contributed by atoms with Crippen molar-refractivity contribution in [3.63, 3.8) is 0 Å². The summed E-state index contributed by atoms with van der Waals surface area (Å²) in [7, 11) is -3.23. The molecule has 118 valence electrons. The number of hydrogen-bond acceptors (Lipinski definition) is 3. The highest BCUT2D eigenvalue weighted by atomic mass is 32.2. The summed E-state index contributed by atoms with van der Waals surface area (Å²) in [5, 5.41) is 3.30. The maximum Gasteiger partial charge on any atom is 0.232 e. The molecule has 0 saturated heterocycles. The topological polar surface area (TPSA) is 58.2 Å². The smallest absolute Gasteiger partial charge is 0.232 e.